The summed E-state index contributed by atoms with van der Waals surface area (Å²) in [5, 5.41) is 22.4. The number of hydrogen-bond acceptors (Lipinski definition) is 3. The van der Waals surface area contributed by atoms with E-state index in [9.17, 15) is 15.0 Å². The van der Waals surface area contributed by atoms with Crippen LogP contribution in [0.3, 0.4) is 0 Å². The minimum absolute atomic E-state index is 0.0544. The van der Waals surface area contributed by atoms with Crippen LogP contribution < -0.4 is 5.32 Å². The number of rotatable bonds is 18. The molecule has 0 saturated heterocycles. The fraction of sp³-hybridized carbons (Fsp3) is 0.952. The molecular weight excluding hydrogens is 314 g/mol. The first-order valence-corrected chi connectivity index (χ1v) is 10.7. The van der Waals surface area contributed by atoms with Crippen LogP contribution in [0.4, 0.5) is 0 Å². The second-order valence-corrected chi connectivity index (χ2v) is 7.35. The highest BCUT2D eigenvalue weighted by Gasteiger charge is 2.19. The van der Waals surface area contributed by atoms with Crippen LogP contribution in [0.25, 0.3) is 0 Å². The maximum atomic E-state index is 11.9. The van der Waals surface area contributed by atoms with Gasteiger partial charge in [0.05, 0.1) is 18.8 Å². The van der Waals surface area contributed by atoms with Crippen molar-refractivity contribution in [3.05, 3.63) is 0 Å². The van der Waals surface area contributed by atoms with E-state index in [1.807, 2.05) is 0 Å². The summed E-state index contributed by atoms with van der Waals surface area (Å²) in [4.78, 5) is 11.9. The first-order chi connectivity index (χ1) is 12.2. The molecule has 0 saturated carbocycles. The molecule has 2 atom stereocenters. The molecule has 0 rings (SSSR count). The Kier molecular flexibility index (Phi) is 17.7. The molecule has 25 heavy (non-hydrogen) atoms. The maximum absolute atomic E-state index is 11.9. The third kappa shape index (κ3) is 15.4. The molecule has 0 fully saturated rings. The van der Waals surface area contributed by atoms with Crippen molar-refractivity contribution in [2.24, 2.45) is 0 Å². The van der Waals surface area contributed by atoms with Gasteiger partial charge in [0.2, 0.25) is 5.91 Å². The van der Waals surface area contributed by atoms with E-state index >= 15 is 0 Å². The zero-order valence-electron chi connectivity index (χ0n) is 16.8. The highest BCUT2D eigenvalue weighted by Crippen LogP contribution is 2.12. The molecule has 0 aliphatic rings. The smallest absolute Gasteiger partial charge is 0.220 e. The van der Waals surface area contributed by atoms with E-state index in [0.717, 1.165) is 38.5 Å². The van der Waals surface area contributed by atoms with Crippen LogP contribution in [0, 0.1) is 0 Å². The van der Waals surface area contributed by atoms with Gasteiger partial charge in [-0.1, -0.05) is 90.9 Å². The van der Waals surface area contributed by atoms with Crippen molar-refractivity contribution < 1.29 is 15.0 Å². The number of amides is 1. The van der Waals surface area contributed by atoms with Gasteiger partial charge >= 0.3 is 0 Å². The minimum Gasteiger partial charge on any atom is -0.394 e. The number of aliphatic hydroxyl groups excluding tert-OH is 2. The lowest BCUT2D eigenvalue weighted by molar-refractivity contribution is -0.123. The minimum atomic E-state index is -0.644. The second-order valence-electron chi connectivity index (χ2n) is 7.35. The Labute approximate surface area is 155 Å². The summed E-state index contributed by atoms with van der Waals surface area (Å²) in [5.74, 6) is -0.0544. The molecule has 0 heterocycles. The predicted molar refractivity (Wildman–Crippen MR) is 106 cm³/mol. The Bertz CT molecular complexity index is 297. The lowest BCUT2D eigenvalue weighted by Crippen LogP contribution is -2.45. The molecular formula is C21H43NO3. The van der Waals surface area contributed by atoms with Gasteiger partial charge in [-0.05, 0) is 12.8 Å². The van der Waals surface area contributed by atoms with E-state index in [4.69, 9.17) is 0 Å². The van der Waals surface area contributed by atoms with Crippen molar-refractivity contribution in [3.8, 4) is 0 Å². The first-order valence-electron chi connectivity index (χ1n) is 10.7. The van der Waals surface area contributed by atoms with Gasteiger partial charge in [-0.2, -0.15) is 0 Å². The van der Waals surface area contributed by atoms with Crippen molar-refractivity contribution in [2.45, 2.75) is 122 Å². The van der Waals surface area contributed by atoms with Crippen molar-refractivity contribution in [1.29, 1.82) is 0 Å². The van der Waals surface area contributed by atoms with Gasteiger partial charge < -0.3 is 15.5 Å². The molecule has 0 spiro atoms. The van der Waals surface area contributed by atoms with Gasteiger partial charge in [0.25, 0.3) is 0 Å². The van der Waals surface area contributed by atoms with E-state index in [2.05, 4.69) is 19.2 Å². The first kappa shape index (κ1) is 24.4. The summed E-state index contributed by atoms with van der Waals surface area (Å²) in [6.45, 7) is 4.18. The summed E-state index contributed by atoms with van der Waals surface area (Å²) in [7, 11) is 0. The zero-order valence-corrected chi connectivity index (χ0v) is 16.8. The molecule has 3 N–H and O–H groups in total. The van der Waals surface area contributed by atoms with Crippen molar-refractivity contribution in [2.75, 3.05) is 6.61 Å². The molecule has 0 aliphatic carbocycles. The summed E-state index contributed by atoms with van der Waals surface area (Å²) >= 11 is 0. The predicted octanol–water partition coefficient (Wildman–Crippen LogP) is 4.72. The topological polar surface area (TPSA) is 69.6 Å². The maximum Gasteiger partial charge on any atom is 0.220 e. The van der Waals surface area contributed by atoms with E-state index in [1.165, 1.54) is 44.9 Å². The number of nitrogens with one attached hydrogen (secondary N) is 1. The average molecular weight is 358 g/mol. The fourth-order valence-electron chi connectivity index (χ4n) is 3.12. The van der Waals surface area contributed by atoms with Gasteiger partial charge in [0, 0.05) is 6.42 Å². The normalized spacial score (nSPS) is 13.6. The Morgan fingerprint density at radius 1 is 0.800 bits per heavy atom. The van der Waals surface area contributed by atoms with Crippen molar-refractivity contribution in [3.63, 3.8) is 0 Å². The highest BCUT2D eigenvalue weighted by molar-refractivity contribution is 5.76. The van der Waals surface area contributed by atoms with Crippen molar-refractivity contribution >= 4 is 5.91 Å². The Hall–Kier alpha value is -0.610. The van der Waals surface area contributed by atoms with Crippen LogP contribution in [0.15, 0.2) is 0 Å². The standard InChI is InChI=1S/C21H43NO3/c1-3-5-7-9-10-11-12-13-14-16-20(24)19(18-23)22-21(25)17-15-8-6-4-2/h19-20,23-24H,3-18H2,1-2H3,(H,22,25). The fourth-order valence-corrected chi connectivity index (χ4v) is 3.12. The van der Waals surface area contributed by atoms with Gasteiger partial charge in [0.15, 0.2) is 0 Å². The number of carbonyl (C=O) groups excluding carboxylic acids is 1. The molecule has 1 amide bonds. The van der Waals surface area contributed by atoms with Gasteiger partial charge in [-0.15, -0.1) is 0 Å². The summed E-state index contributed by atoms with van der Waals surface area (Å²) < 4.78 is 0. The molecule has 0 aromatic carbocycles. The molecule has 0 radical (unpaired) electrons. The van der Waals surface area contributed by atoms with Crippen LogP contribution in [0.1, 0.15) is 110 Å². The van der Waals surface area contributed by atoms with Crippen LogP contribution in [-0.2, 0) is 4.79 Å². The molecule has 4 nitrogen and oxygen atoms in total. The van der Waals surface area contributed by atoms with Gasteiger partial charge in [0.1, 0.15) is 0 Å². The number of carbonyl (C=O) groups is 1. The Morgan fingerprint density at radius 2 is 1.28 bits per heavy atom. The van der Waals surface area contributed by atoms with Crippen LogP contribution in [-0.4, -0.2) is 34.9 Å². The van der Waals surface area contributed by atoms with E-state index in [1.54, 1.807) is 0 Å². The quantitative estimate of drug-likeness (QED) is 0.311. The molecule has 0 aliphatic heterocycles. The van der Waals surface area contributed by atoms with Crippen LogP contribution in [0.5, 0.6) is 0 Å². The molecule has 2 unspecified atom stereocenters. The lowest BCUT2D eigenvalue weighted by Gasteiger charge is -2.22. The number of hydrogen-bond donors (Lipinski definition) is 3. The van der Waals surface area contributed by atoms with Crippen LogP contribution in [0.2, 0.25) is 0 Å². The molecule has 4 heteroatoms. The van der Waals surface area contributed by atoms with Crippen molar-refractivity contribution in [1.82, 2.24) is 5.32 Å². The largest absolute Gasteiger partial charge is 0.394 e. The average Bonchev–Trinajstić information content (AvgIpc) is 2.61. The molecule has 0 aromatic heterocycles. The second kappa shape index (κ2) is 18.2. The number of unbranched alkanes of at least 4 members (excludes halogenated alkanes) is 11. The third-order valence-electron chi connectivity index (χ3n) is 4.87. The summed E-state index contributed by atoms with van der Waals surface area (Å²) in [5.41, 5.74) is 0. The van der Waals surface area contributed by atoms with Gasteiger partial charge in [-0.25, -0.2) is 0 Å². The summed E-state index contributed by atoms with van der Waals surface area (Å²) in [6.07, 6.45) is 16.0. The Morgan fingerprint density at radius 3 is 1.80 bits per heavy atom. The third-order valence-corrected chi connectivity index (χ3v) is 4.87. The van der Waals surface area contributed by atoms with E-state index in [0.29, 0.717) is 12.8 Å². The SMILES string of the molecule is CCCCCCCCCCCC(O)C(CO)NC(=O)CCCCCC. The zero-order chi connectivity index (χ0) is 18.8. The summed E-state index contributed by atoms with van der Waals surface area (Å²) in [6, 6.07) is -0.521. The lowest BCUT2D eigenvalue weighted by atomic mass is 10.0. The molecule has 0 bridgehead atoms. The van der Waals surface area contributed by atoms with E-state index in [-0.39, 0.29) is 12.5 Å². The molecule has 0 aromatic rings. The monoisotopic (exact) mass is 357 g/mol. The van der Waals surface area contributed by atoms with Gasteiger partial charge in [-0.3, -0.25) is 4.79 Å². The number of aliphatic hydroxyl groups is 2. The highest BCUT2D eigenvalue weighted by atomic mass is 16.3. The van der Waals surface area contributed by atoms with Crippen LogP contribution >= 0.6 is 0 Å². The molecule has 150 valence electrons. The van der Waals surface area contributed by atoms with E-state index < -0.39 is 12.1 Å². The Balaban J connectivity index is 3.68.